The van der Waals surface area contributed by atoms with Gasteiger partial charge in [-0.2, -0.15) is 5.26 Å². The average Bonchev–Trinajstić information content (AvgIpc) is 3.10. The molecule has 5 heteroatoms. The van der Waals surface area contributed by atoms with Crippen LogP contribution in [0.5, 0.6) is 11.5 Å². The van der Waals surface area contributed by atoms with Gasteiger partial charge in [-0.1, -0.05) is 18.2 Å². The molecular formula is C21H21N3O2. The van der Waals surface area contributed by atoms with Crippen LogP contribution in [-0.4, -0.2) is 30.4 Å². The Balaban J connectivity index is 1.22. The van der Waals surface area contributed by atoms with Crippen molar-refractivity contribution >= 4 is 10.9 Å². The van der Waals surface area contributed by atoms with Crippen LogP contribution in [0.25, 0.3) is 10.9 Å². The molecule has 5 nitrogen and oxygen atoms in total. The van der Waals surface area contributed by atoms with Crippen molar-refractivity contribution in [3.63, 3.8) is 0 Å². The molecule has 132 valence electrons. The van der Waals surface area contributed by atoms with Gasteiger partial charge in [-0.3, -0.25) is 4.57 Å². The van der Waals surface area contributed by atoms with Crippen molar-refractivity contribution in [2.75, 3.05) is 19.7 Å². The molecule has 1 N–H and O–H groups in total. The zero-order valence-electron chi connectivity index (χ0n) is 14.5. The number of hydrogen-bond donors (Lipinski definition) is 1. The minimum atomic E-state index is 0.0481. The number of hydrogen-bond acceptors (Lipinski definition) is 4. The van der Waals surface area contributed by atoms with Gasteiger partial charge in [0.2, 0.25) is 0 Å². The van der Waals surface area contributed by atoms with Gasteiger partial charge in [0, 0.05) is 18.1 Å². The fourth-order valence-electron chi connectivity index (χ4n) is 3.28. The topological polar surface area (TPSA) is 59.2 Å². The summed E-state index contributed by atoms with van der Waals surface area (Å²) in [7, 11) is 0. The number of fused-ring (bicyclic) bond motifs is 2. The largest absolute Gasteiger partial charge is 0.486 e. The van der Waals surface area contributed by atoms with Crippen LogP contribution < -0.4 is 14.8 Å². The second kappa shape index (κ2) is 7.51. The van der Waals surface area contributed by atoms with Crippen molar-refractivity contribution in [1.82, 2.24) is 9.88 Å². The zero-order chi connectivity index (χ0) is 17.8. The van der Waals surface area contributed by atoms with Crippen LogP contribution >= 0.6 is 0 Å². The smallest absolute Gasteiger partial charge is 0.188 e. The third-order valence-electron chi connectivity index (χ3n) is 4.62. The molecule has 0 bridgehead atoms. The molecule has 2 heterocycles. The Morgan fingerprint density at radius 3 is 2.92 bits per heavy atom. The minimum absolute atomic E-state index is 0.0481. The summed E-state index contributed by atoms with van der Waals surface area (Å²) in [5.41, 5.74) is 2.25. The molecule has 0 saturated carbocycles. The first-order valence-corrected chi connectivity index (χ1v) is 8.93. The Morgan fingerprint density at radius 2 is 2.04 bits per heavy atom. The van der Waals surface area contributed by atoms with E-state index in [9.17, 15) is 0 Å². The molecule has 1 unspecified atom stereocenters. The number of aromatic nitrogens is 1. The highest BCUT2D eigenvalue weighted by molar-refractivity contribution is 5.81. The van der Waals surface area contributed by atoms with Gasteiger partial charge in [-0.25, -0.2) is 0 Å². The standard InChI is InChI=1S/C21H21N3O2/c22-15-24-11-9-17-12-16(7-8-19(17)24)4-3-10-23-13-18-14-25-20-5-1-2-6-21(20)26-18/h1-2,5-9,11-12,18,23H,3-4,10,13-14H2. The summed E-state index contributed by atoms with van der Waals surface area (Å²) in [6.45, 7) is 2.29. The van der Waals surface area contributed by atoms with E-state index in [1.807, 2.05) is 36.4 Å². The summed E-state index contributed by atoms with van der Waals surface area (Å²) in [5.74, 6) is 1.65. The van der Waals surface area contributed by atoms with Gasteiger partial charge in [0.05, 0.1) is 5.52 Å². The maximum Gasteiger partial charge on any atom is 0.188 e. The summed E-state index contributed by atoms with van der Waals surface area (Å²) in [4.78, 5) is 0. The number of ether oxygens (including phenoxy) is 2. The Kier molecular flexibility index (Phi) is 4.76. The van der Waals surface area contributed by atoms with E-state index in [1.54, 1.807) is 10.8 Å². The van der Waals surface area contributed by atoms with E-state index < -0.39 is 0 Å². The van der Waals surface area contributed by atoms with E-state index in [-0.39, 0.29) is 6.10 Å². The highest BCUT2D eigenvalue weighted by Gasteiger charge is 2.19. The number of para-hydroxylation sites is 2. The zero-order valence-corrected chi connectivity index (χ0v) is 14.5. The first-order chi connectivity index (χ1) is 12.8. The molecule has 0 fully saturated rings. The van der Waals surface area contributed by atoms with Crippen LogP contribution in [0.1, 0.15) is 12.0 Å². The van der Waals surface area contributed by atoms with Gasteiger partial charge in [0.1, 0.15) is 12.7 Å². The van der Waals surface area contributed by atoms with E-state index >= 15 is 0 Å². The highest BCUT2D eigenvalue weighted by atomic mass is 16.6. The molecule has 1 aliphatic rings. The fourth-order valence-corrected chi connectivity index (χ4v) is 3.28. The molecule has 4 rings (SSSR count). The maximum absolute atomic E-state index is 9.04. The number of rotatable bonds is 6. The van der Waals surface area contributed by atoms with Crippen LogP contribution in [-0.2, 0) is 6.42 Å². The van der Waals surface area contributed by atoms with Crippen molar-refractivity contribution in [3.8, 4) is 17.7 Å². The second-order valence-electron chi connectivity index (χ2n) is 6.48. The molecule has 1 aliphatic heterocycles. The molecule has 0 spiro atoms. The Morgan fingerprint density at radius 1 is 1.15 bits per heavy atom. The van der Waals surface area contributed by atoms with Crippen LogP contribution in [0.15, 0.2) is 54.7 Å². The lowest BCUT2D eigenvalue weighted by atomic mass is 10.1. The monoisotopic (exact) mass is 347 g/mol. The fraction of sp³-hybridized carbons (Fsp3) is 0.286. The Hall–Kier alpha value is -2.97. The first kappa shape index (κ1) is 16.5. The van der Waals surface area contributed by atoms with Crippen molar-refractivity contribution in [2.24, 2.45) is 0 Å². The molecule has 1 atom stereocenters. The molecule has 26 heavy (non-hydrogen) atoms. The van der Waals surface area contributed by atoms with E-state index in [0.29, 0.717) is 6.61 Å². The van der Waals surface area contributed by atoms with Gasteiger partial charge in [0.25, 0.3) is 0 Å². The van der Waals surface area contributed by atoms with Crippen molar-refractivity contribution < 1.29 is 9.47 Å². The number of benzene rings is 2. The highest BCUT2D eigenvalue weighted by Crippen LogP contribution is 2.30. The molecule has 0 amide bonds. The predicted octanol–water partition coefficient (Wildman–Crippen LogP) is 3.33. The van der Waals surface area contributed by atoms with Gasteiger partial charge in [-0.05, 0) is 55.3 Å². The van der Waals surface area contributed by atoms with Gasteiger partial charge < -0.3 is 14.8 Å². The molecule has 1 aromatic heterocycles. The lowest BCUT2D eigenvalue weighted by Crippen LogP contribution is -2.38. The summed E-state index contributed by atoms with van der Waals surface area (Å²) in [6.07, 6.45) is 6.06. The predicted molar refractivity (Wildman–Crippen MR) is 100 cm³/mol. The van der Waals surface area contributed by atoms with E-state index in [4.69, 9.17) is 14.7 Å². The lowest BCUT2D eigenvalue weighted by Gasteiger charge is -2.26. The van der Waals surface area contributed by atoms with Gasteiger partial charge in [-0.15, -0.1) is 0 Å². The van der Waals surface area contributed by atoms with Crippen molar-refractivity contribution in [2.45, 2.75) is 18.9 Å². The van der Waals surface area contributed by atoms with Crippen LogP contribution in [0, 0.1) is 11.5 Å². The minimum Gasteiger partial charge on any atom is -0.486 e. The normalized spacial score (nSPS) is 15.7. The van der Waals surface area contributed by atoms with Crippen LogP contribution in [0.4, 0.5) is 0 Å². The number of aryl methyl sites for hydroxylation is 1. The van der Waals surface area contributed by atoms with Crippen molar-refractivity contribution in [3.05, 3.63) is 60.3 Å². The SMILES string of the molecule is N#Cn1ccc2cc(CCCNCC3COc4ccccc4O3)ccc21. The van der Waals surface area contributed by atoms with Gasteiger partial charge in [0.15, 0.2) is 17.7 Å². The van der Waals surface area contributed by atoms with E-state index in [0.717, 1.165) is 48.3 Å². The van der Waals surface area contributed by atoms with E-state index in [2.05, 4.69) is 23.6 Å². The molecular weight excluding hydrogens is 326 g/mol. The molecule has 0 radical (unpaired) electrons. The Bertz CT molecular complexity index is 942. The lowest BCUT2D eigenvalue weighted by molar-refractivity contribution is 0.0905. The average molecular weight is 347 g/mol. The summed E-state index contributed by atoms with van der Waals surface area (Å²) < 4.78 is 13.3. The third kappa shape index (κ3) is 3.51. The van der Waals surface area contributed by atoms with Crippen LogP contribution in [0.2, 0.25) is 0 Å². The van der Waals surface area contributed by atoms with E-state index in [1.165, 1.54) is 5.56 Å². The first-order valence-electron chi connectivity index (χ1n) is 8.93. The molecule has 0 aliphatic carbocycles. The number of nitriles is 1. The van der Waals surface area contributed by atoms with Crippen molar-refractivity contribution in [1.29, 1.82) is 5.26 Å². The summed E-state index contributed by atoms with van der Waals surface area (Å²) in [5, 5.41) is 13.6. The summed E-state index contributed by atoms with van der Waals surface area (Å²) in [6, 6.07) is 16.1. The summed E-state index contributed by atoms with van der Waals surface area (Å²) >= 11 is 0. The number of nitrogens with zero attached hydrogens (tertiary/aromatic N) is 2. The second-order valence-corrected chi connectivity index (χ2v) is 6.48. The maximum atomic E-state index is 9.04. The third-order valence-corrected chi connectivity index (χ3v) is 4.62. The van der Waals surface area contributed by atoms with Gasteiger partial charge >= 0.3 is 0 Å². The quantitative estimate of drug-likeness (QED) is 0.695. The van der Waals surface area contributed by atoms with Crippen LogP contribution in [0.3, 0.4) is 0 Å². The molecule has 0 saturated heterocycles. The molecule has 3 aromatic rings. The number of nitrogens with one attached hydrogen (secondary N) is 1. The Labute approximate surface area is 152 Å². The molecule has 2 aromatic carbocycles.